The van der Waals surface area contributed by atoms with E-state index in [4.69, 9.17) is 22.2 Å². The molecule has 2 aromatic rings. The first-order valence-corrected chi connectivity index (χ1v) is 6.08. The molecule has 0 fully saturated rings. The number of halogens is 2. The summed E-state index contributed by atoms with van der Waals surface area (Å²) in [6.45, 7) is 0. The molecule has 0 saturated carbocycles. The van der Waals surface area contributed by atoms with Crippen LogP contribution in [-0.4, -0.2) is 7.11 Å². The molecule has 0 aliphatic heterocycles. The lowest BCUT2D eigenvalue weighted by Gasteiger charge is -2.18. The van der Waals surface area contributed by atoms with E-state index in [0.29, 0.717) is 16.3 Å². The standard InChI is InChI=1S/C14H14ClFN2O/c1-19-11-4-2-3-9(7-11)14(18-17)12-6-5-10(15)8-13(12)16/h2-8,14,18H,17H2,1H3. The Bertz CT molecular complexity index is 577. The van der Waals surface area contributed by atoms with E-state index in [1.54, 1.807) is 25.3 Å². The predicted molar refractivity (Wildman–Crippen MR) is 73.6 cm³/mol. The van der Waals surface area contributed by atoms with Gasteiger partial charge in [-0.3, -0.25) is 5.84 Å². The van der Waals surface area contributed by atoms with Crippen molar-refractivity contribution in [2.75, 3.05) is 7.11 Å². The Kier molecular flexibility index (Phi) is 4.37. The van der Waals surface area contributed by atoms with Gasteiger partial charge >= 0.3 is 0 Å². The van der Waals surface area contributed by atoms with Crippen LogP contribution in [0.3, 0.4) is 0 Å². The van der Waals surface area contributed by atoms with E-state index in [-0.39, 0.29) is 0 Å². The van der Waals surface area contributed by atoms with Crippen LogP contribution in [0.1, 0.15) is 17.2 Å². The van der Waals surface area contributed by atoms with Crippen molar-refractivity contribution < 1.29 is 9.13 Å². The van der Waals surface area contributed by atoms with Crippen LogP contribution in [-0.2, 0) is 0 Å². The smallest absolute Gasteiger partial charge is 0.129 e. The zero-order valence-corrected chi connectivity index (χ0v) is 11.1. The van der Waals surface area contributed by atoms with Crippen LogP contribution in [0.5, 0.6) is 5.75 Å². The summed E-state index contributed by atoms with van der Waals surface area (Å²) in [5.74, 6) is 5.83. The van der Waals surface area contributed by atoms with Gasteiger partial charge in [0.25, 0.3) is 0 Å². The zero-order valence-electron chi connectivity index (χ0n) is 10.4. The average Bonchev–Trinajstić information content (AvgIpc) is 2.42. The summed E-state index contributed by atoms with van der Waals surface area (Å²) in [5, 5.41) is 0.350. The second-order valence-corrected chi connectivity index (χ2v) is 4.48. The van der Waals surface area contributed by atoms with E-state index in [1.165, 1.54) is 6.07 Å². The normalized spacial score (nSPS) is 12.2. The summed E-state index contributed by atoms with van der Waals surface area (Å²) in [7, 11) is 1.58. The Morgan fingerprint density at radius 2 is 2.05 bits per heavy atom. The first-order chi connectivity index (χ1) is 9.15. The molecule has 0 bridgehead atoms. The molecule has 0 aliphatic rings. The van der Waals surface area contributed by atoms with Crippen LogP contribution in [0.2, 0.25) is 5.02 Å². The van der Waals surface area contributed by atoms with Crippen LogP contribution in [0.15, 0.2) is 42.5 Å². The molecule has 1 atom stereocenters. The maximum Gasteiger partial charge on any atom is 0.129 e. The maximum atomic E-state index is 13.9. The molecule has 3 N–H and O–H groups in total. The van der Waals surface area contributed by atoms with E-state index in [9.17, 15) is 4.39 Å². The molecular formula is C14H14ClFN2O. The fraction of sp³-hybridized carbons (Fsp3) is 0.143. The van der Waals surface area contributed by atoms with E-state index in [2.05, 4.69) is 5.43 Å². The zero-order chi connectivity index (χ0) is 13.8. The topological polar surface area (TPSA) is 47.3 Å². The minimum atomic E-state index is -0.465. The predicted octanol–water partition coefficient (Wildman–Crippen LogP) is 3.04. The summed E-state index contributed by atoms with van der Waals surface area (Å²) >= 11 is 5.75. The first-order valence-electron chi connectivity index (χ1n) is 5.70. The third kappa shape index (κ3) is 3.04. The molecule has 0 spiro atoms. The second kappa shape index (κ2) is 6.02. The Morgan fingerprint density at radius 3 is 2.68 bits per heavy atom. The Morgan fingerprint density at radius 1 is 1.26 bits per heavy atom. The van der Waals surface area contributed by atoms with Gasteiger partial charge in [-0.05, 0) is 29.8 Å². The highest BCUT2D eigenvalue weighted by Crippen LogP contribution is 2.27. The molecule has 100 valence electrons. The molecule has 19 heavy (non-hydrogen) atoms. The van der Waals surface area contributed by atoms with Crippen LogP contribution >= 0.6 is 11.6 Å². The quantitative estimate of drug-likeness (QED) is 0.668. The van der Waals surface area contributed by atoms with Crippen molar-refractivity contribution in [3.05, 3.63) is 64.4 Å². The van der Waals surface area contributed by atoms with Gasteiger partial charge in [0.05, 0.1) is 13.2 Å². The third-order valence-electron chi connectivity index (χ3n) is 2.87. The number of methoxy groups -OCH3 is 1. The molecule has 5 heteroatoms. The molecule has 0 amide bonds. The van der Waals surface area contributed by atoms with Crippen molar-refractivity contribution in [2.24, 2.45) is 5.84 Å². The van der Waals surface area contributed by atoms with Crippen molar-refractivity contribution >= 4 is 11.6 Å². The Balaban J connectivity index is 2.43. The molecule has 1 unspecified atom stereocenters. The number of hydrogen-bond donors (Lipinski definition) is 2. The highest BCUT2D eigenvalue weighted by Gasteiger charge is 2.17. The molecular weight excluding hydrogens is 267 g/mol. The van der Waals surface area contributed by atoms with Crippen LogP contribution in [0.4, 0.5) is 4.39 Å². The molecule has 0 heterocycles. The number of rotatable bonds is 4. The van der Waals surface area contributed by atoms with E-state index in [0.717, 1.165) is 5.56 Å². The number of hydrazine groups is 1. The molecule has 2 aromatic carbocycles. The van der Waals surface area contributed by atoms with Gasteiger partial charge in [-0.25, -0.2) is 9.82 Å². The van der Waals surface area contributed by atoms with Gasteiger partial charge in [-0.2, -0.15) is 0 Å². The van der Waals surface area contributed by atoms with Gasteiger partial charge in [0.15, 0.2) is 0 Å². The summed E-state index contributed by atoms with van der Waals surface area (Å²) < 4.78 is 19.1. The van der Waals surface area contributed by atoms with E-state index < -0.39 is 11.9 Å². The highest BCUT2D eigenvalue weighted by molar-refractivity contribution is 6.30. The number of hydrogen-bond acceptors (Lipinski definition) is 3. The molecule has 0 radical (unpaired) electrons. The first kappa shape index (κ1) is 13.8. The summed E-state index contributed by atoms with van der Waals surface area (Å²) in [4.78, 5) is 0. The van der Waals surface area contributed by atoms with E-state index in [1.807, 2.05) is 18.2 Å². The number of ether oxygens (including phenoxy) is 1. The molecule has 0 aliphatic carbocycles. The van der Waals surface area contributed by atoms with Gasteiger partial charge in [0, 0.05) is 10.6 Å². The lowest BCUT2D eigenvalue weighted by molar-refractivity contribution is 0.413. The largest absolute Gasteiger partial charge is 0.497 e. The lowest BCUT2D eigenvalue weighted by Crippen LogP contribution is -2.29. The fourth-order valence-electron chi connectivity index (χ4n) is 1.92. The molecule has 0 saturated heterocycles. The summed E-state index contributed by atoms with van der Waals surface area (Å²) in [5.41, 5.74) is 3.85. The number of benzene rings is 2. The molecule has 0 aromatic heterocycles. The monoisotopic (exact) mass is 280 g/mol. The third-order valence-corrected chi connectivity index (χ3v) is 3.10. The highest BCUT2D eigenvalue weighted by atomic mass is 35.5. The number of nitrogens with two attached hydrogens (primary N) is 1. The van der Waals surface area contributed by atoms with Crippen molar-refractivity contribution in [3.8, 4) is 5.75 Å². The minimum Gasteiger partial charge on any atom is -0.497 e. The van der Waals surface area contributed by atoms with Gasteiger partial charge in [0.1, 0.15) is 11.6 Å². The number of nitrogens with one attached hydrogen (secondary N) is 1. The van der Waals surface area contributed by atoms with Gasteiger partial charge < -0.3 is 4.74 Å². The average molecular weight is 281 g/mol. The van der Waals surface area contributed by atoms with Crippen molar-refractivity contribution in [2.45, 2.75) is 6.04 Å². The van der Waals surface area contributed by atoms with Crippen molar-refractivity contribution in [1.82, 2.24) is 5.43 Å². The maximum absolute atomic E-state index is 13.9. The molecule has 3 nitrogen and oxygen atoms in total. The summed E-state index contributed by atoms with van der Waals surface area (Å²) in [6.07, 6.45) is 0. The lowest BCUT2D eigenvalue weighted by atomic mass is 9.98. The van der Waals surface area contributed by atoms with Gasteiger partial charge in [-0.1, -0.05) is 29.8 Å². The van der Waals surface area contributed by atoms with Gasteiger partial charge in [0.2, 0.25) is 0 Å². The second-order valence-electron chi connectivity index (χ2n) is 4.04. The molecule has 2 rings (SSSR count). The Labute approximate surface area is 116 Å². The van der Waals surface area contributed by atoms with Crippen LogP contribution in [0, 0.1) is 5.82 Å². The van der Waals surface area contributed by atoms with Crippen molar-refractivity contribution in [3.63, 3.8) is 0 Å². The van der Waals surface area contributed by atoms with Crippen LogP contribution < -0.4 is 16.0 Å². The SMILES string of the molecule is COc1cccc(C(NN)c2ccc(Cl)cc2F)c1. The van der Waals surface area contributed by atoms with Gasteiger partial charge in [-0.15, -0.1) is 0 Å². The van der Waals surface area contributed by atoms with Crippen molar-refractivity contribution in [1.29, 1.82) is 0 Å². The van der Waals surface area contributed by atoms with Crippen LogP contribution in [0.25, 0.3) is 0 Å². The Hall–Kier alpha value is -1.62. The summed E-state index contributed by atoms with van der Waals surface area (Å²) in [6, 6.07) is 11.3. The minimum absolute atomic E-state index is 0.350. The fourth-order valence-corrected chi connectivity index (χ4v) is 2.08. The van der Waals surface area contributed by atoms with E-state index >= 15 is 0 Å².